The van der Waals surface area contributed by atoms with Crippen LogP contribution in [0, 0.1) is 0 Å². The van der Waals surface area contributed by atoms with Crippen molar-refractivity contribution in [3.63, 3.8) is 0 Å². The minimum absolute atomic E-state index is 0.600. The van der Waals surface area contributed by atoms with Gasteiger partial charge in [-0.2, -0.15) is 0 Å². The number of rotatable bonds is 10. The Morgan fingerprint density at radius 2 is 1.25 bits per heavy atom. The Morgan fingerprint density at radius 3 is 1.88 bits per heavy atom. The van der Waals surface area contributed by atoms with Crippen molar-refractivity contribution in [1.29, 1.82) is 0 Å². The fraction of sp³-hybridized carbons (Fsp3) is 0.556. The number of ether oxygens (including phenoxy) is 2. The van der Waals surface area contributed by atoms with E-state index in [0.717, 1.165) is 66.3 Å². The molecule has 0 amide bonds. The van der Waals surface area contributed by atoms with E-state index in [1.807, 2.05) is 24.3 Å². The van der Waals surface area contributed by atoms with E-state index in [-0.39, 0.29) is 0 Å². The molecule has 2 saturated heterocycles. The summed E-state index contributed by atoms with van der Waals surface area (Å²) in [5.41, 5.74) is 4.04. The van der Waals surface area contributed by atoms with E-state index in [2.05, 4.69) is 21.9 Å². The van der Waals surface area contributed by atoms with E-state index in [1.165, 1.54) is 51.9 Å². The Hall–Kier alpha value is -2.08. The average molecular weight is 437 g/mol. The van der Waals surface area contributed by atoms with Gasteiger partial charge in [-0.1, -0.05) is 12.1 Å². The lowest BCUT2D eigenvalue weighted by molar-refractivity contribution is 0.223. The predicted octanol–water partition coefficient (Wildman–Crippen LogP) is 4.48. The molecule has 1 unspecified atom stereocenters. The maximum absolute atomic E-state index is 10.9. The van der Waals surface area contributed by atoms with Gasteiger partial charge in [-0.25, -0.2) is 0 Å². The predicted molar refractivity (Wildman–Crippen MR) is 128 cm³/mol. The molecule has 2 aliphatic heterocycles. The zero-order valence-electron chi connectivity index (χ0n) is 19.1. The summed E-state index contributed by atoms with van der Waals surface area (Å²) in [7, 11) is 0. The second-order valence-electron chi connectivity index (χ2n) is 9.40. The van der Waals surface area contributed by atoms with Gasteiger partial charge in [-0.15, -0.1) is 0 Å². The fourth-order valence-electron chi connectivity index (χ4n) is 5.34. The van der Waals surface area contributed by atoms with Gasteiger partial charge in [0.2, 0.25) is 0 Å². The summed E-state index contributed by atoms with van der Waals surface area (Å²) in [6.45, 7) is 8.60. The lowest BCUT2D eigenvalue weighted by Gasteiger charge is -2.15. The second kappa shape index (κ2) is 10.2. The van der Waals surface area contributed by atoms with Crippen molar-refractivity contribution in [2.24, 2.45) is 0 Å². The molecule has 2 fully saturated rings. The van der Waals surface area contributed by atoms with Crippen LogP contribution in [0.1, 0.15) is 55.8 Å². The zero-order chi connectivity index (χ0) is 21.8. The van der Waals surface area contributed by atoms with Crippen molar-refractivity contribution in [3.05, 3.63) is 47.5 Å². The summed E-state index contributed by atoms with van der Waals surface area (Å²) in [6, 6.07) is 12.2. The van der Waals surface area contributed by atoms with Gasteiger partial charge in [0.1, 0.15) is 17.6 Å². The molecule has 0 bridgehead atoms. The molecule has 1 N–H and O–H groups in total. The number of nitrogens with zero attached hydrogens (tertiary/aromatic N) is 2. The third-order valence-electron chi connectivity index (χ3n) is 7.10. The Bertz CT molecular complexity index is 904. The molecular formula is C27H36N2O3. The minimum Gasteiger partial charge on any atom is -0.494 e. The van der Waals surface area contributed by atoms with Gasteiger partial charge in [0.25, 0.3) is 0 Å². The number of fused-ring (bicyclic) bond motifs is 3. The van der Waals surface area contributed by atoms with E-state index in [9.17, 15) is 5.11 Å². The highest BCUT2D eigenvalue weighted by Crippen LogP contribution is 2.46. The molecule has 5 nitrogen and oxygen atoms in total. The highest BCUT2D eigenvalue weighted by molar-refractivity contribution is 5.79. The van der Waals surface area contributed by atoms with Crippen LogP contribution in [-0.2, 0) is 0 Å². The van der Waals surface area contributed by atoms with Crippen molar-refractivity contribution in [1.82, 2.24) is 9.80 Å². The molecule has 2 aromatic rings. The van der Waals surface area contributed by atoms with E-state index < -0.39 is 6.10 Å². The topological polar surface area (TPSA) is 45.2 Å². The Labute approximate surface area is 191 Å². The molecule has 0 radical (unpaired) electrons. The van der Waals surface area contributed by atoms with E-state index in [1.54, 1.807) is 0 Å². The molecule has 5 heteroatoms. The molecule has 172 valence electrons. The van der Waals surface area contributed by atoms with Crippen LogP contribution in [-0.4, -0.2) is 67.4 Å². The number of aliphatic hydroxyl groups is 1. The van der Waals surface area contributed by atoms with E-state index in [4.69, 9.17) is 9.47 Å². The molecule has 3 aliphatic rings. The van der Waals surface area contributed by atoms with Gasteiger partial charge in [0.15, 0.2) is 0 Å². The van der Waals surface area contributed by atoms with E-state index in [0.29, 0.717) is 6.61 Å². The summed E-state index contributed by atoms with van der Waals surface area (Å²) >= 11 is 0. The van der Waals surface area contributed by atoms with Gasteiger partial charge in [0, 0.05) is 13.1 Å². The molecule has 2 aromatic carbocycles. The maximum atomic E-state index is 10.9. The number of likely N-dealkylation sites (tertiary alicyclic amines) is 2. The fourth-order valence-corrected chi connectivity index (χ4v) is 5.34. The smallest absolute Gasteiger partial charge is 0.119 e. The first-order chi connectivity index (χ1) is 15.8. The summed E-state index contributed by atoms with van der Waals surface area (Å²) in [4.78, 5) is 5.03. The van der Waals surface area contributed by atoms with Crippen molar-refractivity contribution in [2.75, 3.05) is 52.5 Å². The average Bonchev–Trinajstić information content (AvgIpc) is 3.57. The minimum atomic E-state index is -0.600. The summed E-state index contributed by atoms with van der Waals surface area (Å²) in [5.74, 6) is 1.72. The molecule has 32 heavy (non-hydrogen) atoms. The molecule has 0 aromatic heterocycles. The SMILES string of the molecule is OC1c2ccc(OCCCN3CCCC3)cc2-c2ccc(OCCCN3CCCC3)cc21. The van der Waals surface area contributed by atoms with Crippen LogP contribution < -0.4 is 9.47 Å². The molecule has 0 saturated carbocycles. The van der Waals surface area contributed by atoms with Crippen molar-refractivity contribution < 1.29 is 14.6 Å². The summed E-state index contributed by atoms with van der Waals surface area (Å²) in [6.07, 6.45) is 6.81. The van der Waals surface area contributed by atoms with Crippen LogP contribution in [0.2, 0.25) is 0 Å². The van der Waals surface area contributed by atoms with Crippen LogP contribution >= 0.6 is 0 Å². The first-order valence-corrected chi connectivity index (χ1v) is 12.4. The standard InChI is InChI=1S/C27H36N2O3/c30-27-24-10-8-21(31-17-5-15-28-11-1-2-12-28)19-25(24)23-9-7-22(20-26(23)27)32-18-6-16-29-13-3-4-14-29/h7-10,19-20,27,30H,1-6,11-18H2. The first kappa shape index (κ1) is 21.7. The highest BCUT2D eigenvalue weighted by Gasteiger charge is 2.28. The lowest BCUT2D eigenvalue weighted by Crippen LogP contribution is -2.21. The Morgan fingerprint density at radius 1 is 0.688 bits per heavy atom. The van der Waals surface area contributed by atoms with Gasteiger partial charge < -0.3 is 24.4 Å². The molecule has 0 spiro atoms. The number of hydrogen-bond acceptors (Lipinski definition) is 5. The first-order valence-electron chi connectivity index (χ1n) is 12.4. The van der Waals surface area contributed by atoms with Crippen LogP contribution in [0.15, 0.2) is 36.4 Å². The van der Waals surface area contributed by atoms with Crippen molar-refractivity contribution in [3.8, 4) is 22.6 Å². The maximum Gasteiger partial charge on any atom is 0.119 e. The quantitative estimate of drug-likeness (QED) is 0.557. The van der Waals surface area contributed by atoms with Crippen LogP contribution in [0.4, 0.5) is 0 Å². The lowest BCUT2D eigenvalue weighted by atomic mass is 10.1. The van der Waals surface area contributed by atoms with Crippen LogP contribution in [0.25, 0.3) is 11.1 Å². The van der Waals surface area contributed by atoms with Gasteiger partial charge >= 0.3 is 0 Å². The second-order valence-corrected chi connectivity index (χ2v) is 9.40. The highest BCUT2D eigenvalue weighted by atomic mass is 16.5. The zero-order valence-corrected chi connectivity index (χ0v) is 19.1. The largest absolute Gasteiger partial charge is 0.494 e. The number of aliphatic hydroxyl groups excluding tert-OH is 1. The third-order valence-corrected chi connectivity index (χ3v) is 7.10. The molecular weight excluding hydrogens is 400 g/mol. The molecule has 5 rings (SSSR count). The summed E-state index contributed by atoms with van der Waals surface area (Å²) in [5, 5.41) is 10.9. The number of hydrogen-bond donors (Lipinski definition) is 1. The van der Waals surface area contributed by atoms with Crippen LogP contribution in [0.5, 0.6) is 11.5 Å². The Kier molecular flexibility index (Phi) is 6.96. The van der Waals surface area contributed by atoms with Gasteiger partial charge in [-0.3, -0.25) is 0 Å². The van der Waals surface area contributed by atoms with E-state index >= 15 is 0 Å². The molecule has 2 heterocycles. The normalized spacial score (nSPS) is 20.5. The molecule has 1 atom stereocenters. The van der Waals surface area contributed by atoms with Crippen molar-refractivity contribution >= 4 is 0 Å². The summed E-state index contributed by atoms with van der Waals surface area (Å²) < 4.78 is 12.0. The third kappa shape index (κ3) is 4.95. The van der Waals surface area contributed by atoms with Crippen LogP contribution in [0.3, 0.4) is 0 Å². The molecule has 1 aliphatic carbocycles. The Balaban J connectivity index is 1.16. The number of benzene rings is 2. The van der Waals surface area contributed by atoms with Crippen molar-refractivity contribution in [2.45, 2.75) is 44.6 Å². The van der Waals surface area contributed by atoms with Gasteiger partial charge in [0.05, 0.1) is 13.2 Å². The monoisotopic (exact) mass is 436 g/mol. The van der Waals surface area contributed by atoms with Gasteiger partial charge in [-0.05, 0) is 111 Å².